The van der Waals surface area contributed by atoms with E-state index in [2.05, 4.69) is 9.71 Å². The van der Waals surface area contributed by atoms with Crippen molar-refractivity contribution in [2.75, 3.05) is 4.72 Å². The average molecular weight is 298 g/mol. The second kappa shape index (κ2) is 4.98. The second-order valence-electron chi connectivity index (χ2n) is 3.74. The van der Waals surface area contributed by atoms with Gasteiger partial charge in [-0.3, -0.25) is 9.71 Å². The van der Waals surface area contributed by atoms with Gasteiger partial charge in [0.15, 0.2) is 0 Å². The summed E-state index contributed by atoms with van der Waals surface area (Å²) in [5, 5.41) is 8.81. The van der Waals surface area contributed by atoms with Crippen LogP contribution in [-0.4, -0.2) is 24.5 Å². The van der Waals surface area contributed by atoms with Crippen LogP contribution in [0.15, 0.2) is 34.8 Å². The van der Waals surface area contributed by atoms with Gasteiger partial charge in [0.1, 0.15) is 4.21 Å². The lowest BCUT2D eigenvalue weighted by molar-refractivity contribution is 0.0696. The number of aromatic carboxylic acids is 1. The van der Waals surface area contributed by atoms with Gasteiger partial charge >= 0.3 is 5.97 Å². The van der Waals surface area contributed by atoms with Crippen molar-refractivity contribution in [1.29, 1.82) is 0 Å². The number of thiophene rings is 1. The number of carboxylic acids is 1. The predicted octanol–water partition coefficient (Wildman–Crippen LogP) is 1.95. The van der Waals surface area contributed by atoms with Crippen LogP contribution >= 0.6 is 11.3 Å². The lowest BCUT2D eigenvalue weighted by Crippen LogP contribution is -2.12. The first-order valence-electron chi connectivity index (χ1n) is 5.16. The van der Waals surface area contributed by atoms with Crippen LogP contribution in [0.5, 0.6) is 0 Å². The number of pyridine rings is 1. The summed E-state index contributed by atoms with van der Waals surface area (Å²) in [7, 11) is -3.70. The molecule has 0 bridgehead atoms. The Kier molecular flexibility index (Phi) is 3.54. The van der Waals surface area contributed by atoms with E-state index in [9.17, 15) is 13.2 Å². The molecule has 0 unspecified atom stereocenters. The van der Waals surface area contributed by atoms with E-state index in [0.717, 1.165) is 22.4 Å². The summed E-state index contributed by atoms with van der Waals surface area (Å²) in [5.74, 6) is -1.17. The summed E-state index contributed by atoms with van der Waals surface area (Å²) >= 11 is 1.14. The van der Waals surface area contributed by atoms with Gasteiger partial charge in [0.25, 0.3) is 10.0 Å². The molecule has 0 aliphatic heterocycles. The topological polar surface area (TPSA) is 96.4 Å². The number of nitrogens with one attached hydrogen (secondary N) is 1. The van der Waals surface area contributed by atoms with Crippen molar-refractivity contribution in [2.45, 2.75) is 11.1 Å². The predicted molar refractivity (Wildman–Crippen MR) is 71.1 cm³/mol. The Morgan fingerprint density at radius 1 is 1.37 bits per heavy atom. The zero-order valence-corrected chi connectivity index (χ0v) is 11.5. The van der Waals surface area contributed by atoms with E-state index in [0.29, 0.717) is 0 Å². The molecule has 0 saturated heterocycles. The van der Waals surface area contributed by atoms with Crippen molar-refractivity contribution in [3.63, 3.8) is 0 Å². The Morgan fingerprint density at radius 2 is 2.11 bits per heavy atom. The van der Waals surface area contributed by atoms with E-state index in [1.807, 2.05) is 0 Å². The highest BCUT2D eigenvalue weighted by Crippen LogP contribution is 2.23. The van der Waals surface area contributed by atoms with Crippen LogP contribution in [0.25, 0.3) is 0 Å². The molecule has 2 aromatic rings. The molecule has 0 aliphatic carbocycles. The molecule has 2 aromatic heterocycles. The van der Waals surface area contributed by atoms with Gasteiger partial charge in [0.05, 0.1) is 17.4 Å². The molecule has 0 spiro atoms. The van der Waals surface area contributed by atoms with Gasteiger partial charge in [-0.05, 0) is 25.1 Å². The maximum Gasteiger partial charge on any atom is 0.337 e. The summed E-state index contributed by atoms with van der Waals surface area (Å²) in [5.41, 5.74) is 0.0357. The van der Waals surface area contributed by atoms with Crippen LogP contribution < -0.4 is 4.72 Å². The van der Waals surface area contributed by atoms with E-state index >= 15 is 0 Å². The van der Waals surface area contributed by atoms with Crippen LogP contribution in [0.3, 0.4) is 0 Å². The van der Waals surface area contributed by atoms with E-state index < -0.39 is 16.0 Å². The minimum atomic E-state index is -3.70. The van der Waals surface area contributed by atoms with Crippen LogP contribution in [0, 0.1) is 6.92 Å². The fourth-order valence-corrected chi connectivity index (χ4v) is 3.69. The lowest BCUT2D eigenvalue weighted by Gasteiger charge is -2.06. The summed E-state index contributed by atoms with van der Waals surface area (Å²) in [6.07, 6.45) is 2.40. The molecule has 2 N–H and O–H groups in total. The molecule has 0 amide bonds. The Morgan fingerprint density at radius 3 is 2.68 bits per heavy atom. The number of nitrogens with zero attached hydrogens (tertiary/aromatic N) is 1. The highest BCUT2D eigenvalue weighted by molar-refractivity contribution is 7.94. The minimum Gasteiger partial charge on any atom is -0.478 e. The van der Waals surface area contributed by atoms with Crippen molar-refractivity contribution in [3.8, 4) is 0 Å². The fourth-order valence-electron chi connectivity index (χ4n) is 1.37. The molecule has 6 nitrogen and oxygen atoms in total. The van der Waals surface area contributed by atoms with Crippen LogP contribution in [0.1, 0.15) is 15.2 Å². The van der Waals surface area contributed by atoms with E-state index in [-0.39, 0.29) is 15.5 Å². The number of hydrogen-bond acceptors (Lipinski definition) is 5. The molecule has 0 atom stereocenters. The lowest BCUT2D eigenvalue weighted by atomic mass is 10.3. The molecule has 2 rings (SSSR count). The molecule has 0 aliphatic rings. The summed E-state index contributed by atoms with van der Waals surface area (Å²) in [4.78, 5) is 15.3. The van der Waals surface area contributed by atoms with Gasteiger partial charge in [-0.1, -0.05) is 0 Å². The Labute approximate surface area is 113 Å². The maximum atomic E-state index is 12.0. The number of anilines is 1. The smallest absolute Gasteiger partial charge is 0.337 e. The number of carbonyl (C=O) groups is 1. The third-order valence-electron chi connectivity index (χ3n) is 2.22. The van der Waals surface area contributed by atoms with Gasteiger partial charge in [-0.25, -0.2) is 13.2 Å². The average Bonchev–Trinajstić information content (AvgIpc) is 2.76. The van der Waals surface area contributed by atoms with Crippen molar-refractivity contribution in [2.24, 2.45) is 0 Å². The summed E-state index contributed by atoms with van der Waals surface area (Å²) in [6.45, 7) is 1.80. The highest BCUT2D eigenvalue weighted by Gasteiger charge is 2.17. The molecule has 8 heteroatoms. The molecular weight excluding hydrogens is 288 g/mol. The molecule has 100 valence electrons. The minimum absolute atomic E-state index is 0.0810. The molecule has 0 radical (unpaired) electrons. The van der Waals surface area contributed by atoms with Crippen molar-refractivity contribution in [1.82, 2.24) is 4.98 Å². The standard InChI is InChI=1S/C11H10N2O4S2/c1-7-2-3-10(18-7)19(16,17)13-9-4-8(11(14)15)5-12-6-9/h2-6,13H,1H3,(H,14,15). The number of aromatic nitrogens is 1. The second-order valence-corrected chi connectivity index (χ2v) is 6.94. The normalized spacial score (nSPS) is 11.2. The summed E-state index contributed by atoms with van der Waals surface area (Å²) in [6, 6.07) is 4.41. The zero-order valence-electron chi connectivity index (χ0n) is 9.82. The first kappa shape index (κ1) is 13.5. The molecule has 19 heavy (non-hydrogen) atoms. The summed E-state index contributed by atoms with van der Waals surface area (Å²) < 4.78 is 26.5. The highest BCUT2D eigenvalue weighted by atomic mass is 32.2. The first-order valence-corrected chi connectivity index (χ1v) is 7.46. The molecule has 0 saturated carbocycles. The Hall–Kier alpha value is -1.93. The van der Waals surface area contributed by atoms with Gasteiger partial charge in [0.2, 0.25) is 0 Å². The van der Waals surface area contributed by atoms with Crippen molar-refractivity contribution in [3.05, 3.63) is 41.0 Å². The van der Waals surface area contributed by atoms with Crippen molar-refractivity contribution >= 4 is 33.0 Å². The van der Waals surface area contributed by atoms with Crippen molar-refractivity contribution < 1.29 is 18.3 Å². The van der Waals surface area contributed by atoms with Crippen LogP contribution in [-0.2, 0) is 10.0 Å². The SMILES string of the molecule is Cc1ccc(S(=O)(=O)Nc2cncc(C(=O)O)c2)s1. The van der Waals surface area contributed by atoms with Gasteiger partial charge in [-0.15, -0.1) is 11.3 Å². The Balaban J connectivity index is 2.30. The molecule has 0 aromatic carbocycles. The van der Waals surface area contributed by atoms with E-state index in [4.69, 9.17) is 5.11 Å². The van der Waals surface area contributed by atoms with Crippen LogP contribution in [0.2, 0.25) is 0 Å². The molecular formula is C11H10N2O4S2. The molecule has 2 heterocycles. The Bertz CT molecular complexity index is 722. The molecule has 0 fully saturated rings. The quantitative estimate of drug-likeness (QED) is 0.899. The largest absolute Gasteiger partial charge is 0.478 e. The van der Waals surface area contributed by atoms with E-state index in [1.54, 1.807) is 13.0 Å². The monoisotopic (exact) mass is 298 g/mol. The van der Waals surface area contributed by atoms with Gasteiger partial charge in [-0.2, -0.15) is 0 Å². The van der Waals surface area contributed by atoms with Gasteiger partial charge in [0, 0.05) is 11.1 Å². The first-order chi connectivity index (χ1) is 8.88. The number of aryl methyl sites for hydroxylation is 1. The zero-order chi connectivity index (χ0) is 14.0. The number of rotatable bonds is 4. The van der Waals surface area contributed by atoms with Gasteiger partial charge < -0.3 is 5.11 Å². The fraction of sp³-hybridized carbons (Fsp3) is 0.0909. The van der Waals surface area contributed by atoms with E-state index in [1.165, 1.54) is 18.3 Å². The maximum absolute atomic E-state index is 12.0. The van der Waals surface area contributed by atoms with Crippen LogP contribution in [0.4, 0.5) is 5.69 Å². The number of hydrogen-bond donors (Lipinski definition) is 2. The third-order valence-corrected chi connectivity index (χ3v) is 5.09. The third kappa shape index (κ3) is 3.09. The number of carboxylic acid groups (broad SMARTS) is 1. The number of sulfonamides is 1.